The van der Waals surface area contributed by atoms with Gasteiger partial charge in [-0.05, 0) is 25.1 Å². The van der Waals surface area contributed by atoms with Gasteiger partial charge in [-0.15, -0.1) is 0 Å². The summed E-state index contributed by atoms with van der Waals surface area (Å²) in [5.41, 5.74) is 0.981. The van der Waals surface area contributed by atoms with Gasteiger partial charge in [-0.1, -0.05) is 43.8 Å². The number of esters is 1. The molecule has 0 N–H and O–H groups in total. The van der Waals surface area contributed by atoms with E-state index in [1.165, 1.54) is 6.08 Å². The fourth-order valence-corrected chi connectivity index (χ4v) is 3.95. The van der Waals surface area contributed by atoms with E-state index in [4.69, 9.17) is 9.16 Å². The fourth-order valence-electron chi connectivity index (χ4n) is 1.84. The van der Waals surface area contributed by atoms with E-state index < -0.39 is 8.32 Å². The second kappa shape index (κ2) is 7.26. The maximum absolute atomic E-state index is 11.3. The van der Waals surface area contributed by atoms with Gasteiger partial charge in [0.05, 0.1) is 6.61 Å². The van der Waals surface area contributed by atoms with E-state index in [0.29, 0.717) is 6.61 Å². The van der Waals surface area contributed by atoms with Crippen LogP contribution >= 0.6 is 0 Å². The summed E-state index contributed by atoms with van der Waals surface area (Å²) >= 11 is 0. The van der Waals surface area contributed by atoms with Gasteiger partial charge in [0.1, 0.15) is 5.73 Å². The minimum Gasteiger partial charge on any atom is -0.460 e. The van der Waals surface area contributed by atoms with Crippen LogP contribution in [0.1, 0.15) is 18.9 Å². The molecule has 0 aliphatic heterocycles. The third-order valence-corrected chi connectivity index (χ3v) is 5.99. The summed E-state index contributed by atoms with van der Waals surface area (Å²) in [5.74, 6) is -0.379. The normalized spacial score (nSPS) is 12.8. The fraction of sp³-hybridized carbons (Fsp3) is 0.400. The molecule has 3 nitrogen and oxygen atoms in total. The molecule has 0 aromatic heterocycles. The average molecular weight is 278 g/mol. The Balaban J connectivity index is 2.62. The molecule has 1 unspecified atom stereocenters. The van der Waals surface area contributed by atoms with Gasteiger partial charge in [0.2, 0.25) is 8.32 Å². The zero-order valence-electron chi connectivity index (χ0n) is 11.9. The molecule has 1 rings (SSSR count). The van der Waals surface area contributed by atoms with Crippen LogP contribution in [0, 0.1) is 0 Å². The number of carbonyl (C=O) groups excluding carboxylic acids is 1. The summed E-state index contributed by atoms with van der Waals surface area (Å²) in [6.45, 7) is 10.1. The minimum absolute atomic E-state index is 0.151. The second-order valence-electron chi connectivity index (χ2n) is 4.92. The summed E-state index contributed by atoms with van der Waals surface area (Å²) in [6.07, 6.45) is 1.96. The molecule has 0 saturated carbocycles. The van der Waals surface area contributed by atoms with E-state index in [2.05, 4.69) is 19.7 Å². The first-order chi connectivity index (χ1) is 8.99. The molecule has 19 heavy (non-hydrogen) atoms. The first-order valence-corrected chi connectivity index (χ1v) is 9.49. The first-order valence-electron chi connectivity index (χ1n) is 6.50. The number of rotatable bonds is 7. The molecular formula is C15H22O3Si. The van der Waals surface area contributed by atoms with Crippen molar-refractivity contribution in [3.05, 3.63) is 48.6 Å². The SMILES string of the molecule is C=CC(=O)OC(CC)[Si](C)(C)OCc1ccccc1. The first kappa shape index (κ1) is 15.7. The van der Waals surface area contributed by atoms with Crippen LogP contribution in [0.3, 0.4) is 0 Å². The quantitative estimate of drug-likeness (QED) is 0.435. The lowest BCUT2D eigenvalue weighted by molar-refractivity contribution is -0.140. The Morgan fingerprint density at radius 3 is 2.53 bits per heavy atom. The molecule has 0 saturated heterocycles. The van der Waals surface area contributed by atoms with Crippen molar-refractivity contribution in [3.8, 4) is 0 Å². The summed E-state index contributed by atoms with van der Waals surface area (Å²) in [7, 11) is -2.09. The molecule has 104 valence electrons. The van der Waals surface area contributed by atoms with Crippen molar-refractivity contribution in [2.45, 2.75) is 38.8 Å². The maximum atomic E-state index is 11.3. The van der Waals surface area contributed by atoms with Gasteiger partial charge in [-0.2, -0.15) is 0 Å². The summed E-state index contributed by atoms with van der Waals surface area (Å²) in [4.78, 5) is 11.3. The Bertz CT molecular complexity index is 415. The van der Waals surface area contributed by atoms with Gasteiger partial charge in [0.15, 0.2) is 0 Å². The summed E-state index contributed by atoms with van der Waals surface area (Å²) in [5, 5.41) is 0. The third kappa shape index (κ3) is 5.01. The maximum Gasteiger partial charge on any atom is 0.330 e. The van der Waals surface area contributed by atoms with E-state index in [9.17, 15) is 4.79 Å². The molecule has 0 amide bonds. The Hall–Kier alpha value is -1.39. The molecular weight excluding hydrogens is 256 g/mol. The molecule has 0 fully saturated rings. The second-order valence-corrected chi connectivity index (χ2v) is 9.06. The highest BCUT2D eigenvalue weighted by atomic mass is 28.4. The zero-order chi connectivity index (χ0) is 14.3. The van der Waals surface area contributed by atoms with Crippen LogP contribution in [-0.4, -0.2) is 20.0 Å². The number of carbonyl (C=O) groups is 1. The molecule has 4 heteroatoms. The highest BCUT2D eigenvalue weighted by Gasteiger charge is 2.35. The number of hydrogen-bond donors (Lipinski definition) is 0. The van der Waals surface area contributed by atoms with Gasteiger partial charge >= 0.3 is 5.97 Å². The number of benzene rings is 1. The predicted octanol–water partition coefficient (Wildman–Crippen LogP) is 3.46. The molecule has 0 bridgehead atoms. The highest BCUT2D eigenvalue weighted by Crippen LogP contribution is 2.19. The molecule has 0 spiro atoms. The third-order valence-electron chi connectivity index (χ3n) is 3.02. The smallest absolute Gasteiger partial charge is 0.330 e. The van der Waals surface area contributed by atoms with Crippen LogP contribution in [-0.2, 0) is 20.6 Å². The Morgan fingerprint density at radius 2 is 2.00 bits per heavy atom. The van der Waals surface area contributed by atoms with Crippen molar-refractivity contribution in [1.29, 1.82) is 0 Å². The van der Waals surface area contributed by atoms with Crippen LogP contribution in [0.2, 0.25) is 13.1 Å². The molecule has 1 aromatic carbocycles. The predicted molar refractivity (Wildman–Crippen MR) is 79.1 cm³/mol. The average Bonchev–Trinajstić information content (AvgIpc) is 2.43. The lowest BCUT2D eigenvalue weighted by Crippen LogP contribution is -2.46. The topological polar surface area (TPSA) is 35.5 Å². The van der Waals surface area contributed by atoms with E-state index in [-0.39, 0.29) is 11.7 Å². The minimum atomic E-state index is -2.09. The molecule has 0 heterocycles. The Labute approximate surface area is 116 Å². The van der Waals surface area contributed by atoms with E-state index in [1.54, 1.807) is 0 Å². The van der Waals surface area contributed by atoms with Crippen molar-refractivity contribution in [2.75, 3.05) is 0 Å². The van der Waals surface area contributed by atoms with Crippen LogP contribution in [0.15, 0.2) is 43.0 Å². The van der Waals surface area contributed by atoms with Gasteiger partial charge in [0.25, 0.3) is 0 Å². The van der Waals surface area contributed by atoms with Crippen molar-refractivity contribution in [3.63, 3.8) is 0 Å². The van der Waals surface area contributed by atoms with Crippen molar-refractivity contribution in [1.82, 2.24) is 0 Å². The molecule has 1 aromatic rings. The molecule has 0 aliphatic rings. The van der Waals surface area contributed by atoms with Crippen LogP contribution in [0.5, 0.6) is 0 Å². The Kier molecular flexibility index (Phi) is 5.98. The molecule has 0 aliphatic carbocycles. The number of hydrogen-bond acceptors (Lipinski definition) is 3. The summed E-state index contributed by atoms with van der Waals surface area (Å²) < 4.78 is 11.4. The van der Waals surface area contributed by atoms with Crippen molar-refractivity contribution >= 4 is 14.3 Å². The van der Waals surface area contributed by atoms with E-state index in [0.717, 1.165) is 12.0 Å². The van der Waals surface area contributed by atoms with Gasteiger partial charge in [-0.3, -0.25) is 0 Å². The lowest BCUT2D eigenvalue weighted by atomic mass is 10.2. The van der Waals surface area contributed by atoms with Gasteiger partial charge < -0.3 is 9.16 Å². The lowest BCUT2D eigenvalue weighted by Gasteiger charge is -2.30. The monoisotopic (exact) mass is 278 g/mol. The molecule has 1 atom stereocenters. The van der Waals surface area contributed by atoms with Crippen molar-refractivity contribution in [2.24, 2.45) is 0 Å². The summed E-state index contributed by atoms with van der Waals surface area (Å²) in [6, 6.07) is 10.0. The standard InChI is InChI=1S/C15H22O3Si/c1-5-14(16)18-15(6-2)19(3,4)17-12-13-10-8-7-9-11-13/h5,7-11,15H,1,6,12H2,2-4H3. The van der Waals surface area contributed by atoms with Crippen molar-refractivity contribution < 1.29 is 14.0 Å². The van der Waals surface area contributed by atoms with Crippen LogP contribution < -0.4 is 0 Å². The van der Waals surface area contributed by atoms with Crippen LogP contribution in [0.25, 0.3) is 0 Å². The van der Waals surface area contributed by atoms with E-state index in [1.807, 2.05) is 37.3 Å². The van der Waals surface area contributed by atoms with E-state index >= 15 is 0 Å². The van der Waals surface area contributed by atoms with Crippen LogP contribution in [0.4, 0.5) is 0 Å². The Morgan fingerprint density at radius 1 is 1.37 bits per heavy atom. The zero-order valence-corrected chi connectivity index (χ0v) is 12.9. The highest BCUT2D eigenvalue weighted by molar-refractivity contribution is 6.72. The largest absolute Gasteiger partial charge is 0.460 e. The van der Waals surface area contributed by atoms with Gasteiger partial charge in [-0.25, -0.2) is 4.79 Å². The van der Waals surface area contributed by atoms with Gasteiger partial charge in [0, 0.05) is 6.08 Å². The number of ether oxygens (including phenoxy) is 1. The molecule has 0 radical (unpaired) electrons.